The third-order valence-electron chi connectivity index (χ3n) is 4.93. The van der Waals surface area contributed by atoms with Crippen molar-refractivity contribution < 1.29 is 8.42 Å². The zero-order valence-corrected chi connectivity index (χ0v) is 19.8. The van der Waals surface area contributed by atoms with Crippen molar-refractivity contribution in [1.29, 1.82) is 0 Å². The largest absolute Gasteiger partial charge is 0.340 e. The van der Waals surface area contributed by atoms with Crippen LogP contribution in [0.25, 0.3) is 0 Å². The Morgan fingerprint density at radius 3 is 1.82 bits per heavy atom. The maximum atomic E-state index is 12.6. The average Bonchev–Trinajstić information content (AvgIpc) is 2.85. The first-order valence-corrected chi connectivity index (χ1v) is 12.4. The van der Waals surface area contributed by atoms with Crippen molar-refractivity contribution >= 4 is 39.0 Å². The molecular formula is C25H23N5O2S2. The highest BCUT2D eigenvalue weighted by Gasteiger charge is 2.16. The molecule has 9 heteroatoms. The van der Waals surface area contributed by atoms with Crippen LogP contribution < -0.4 is 10.0 Å². The van der Waals surface area contributed by atoms with Gasteiger partial charge in [0.2, 0.25) is 5.95 Å². The molecule has 0 aliphatic heterocycles. The van der Waals surface area contributed by atoms with Crippen LogP contribution >= 0.6 is 12.2 Å². The summed E-state index contributed by atoms with van der Waals surface area (Å²) in [4.78, 5) is 9.96. The minimum absolute atomic E-state index is 0.0170. The first-order valence-electron chi connectivity index (χ1n) is 10.5. The SMILES string of the molecule is O=S(=O)(Nc1ncccn1)c1ccc(NC(=S)N(Cc2ccccc2)Cc2ccccc2)cc1. The summed E-state index contributed by atoms with van der Waals surface area (Å²) < 4.78 is 27.6. The van der Waals surface area contributed by atoms with Crippen molar-refractivity contribution in [2.24, 2.45) is 0 Å². The highest BCUT2D eigenvalue weighted by atomic mass is 32.2. The topological polar surface area (TPSA) is 87.2 Å². The molecule has 172 valence electrons. The minimum Gasteiger partial charge on any atom is -0.340 e. The van der Waals surface area contributed by atoms with Gasteiger partial charge in [-0.3, -0.25) is 0 Å². The second-order valence-electron chi connectivity index (χ2n) is 7.46. The summed E-state index contributed by atoms with van der Waals surface area (Å²) in [6, 6.07) is 28.2. The van der Waals surface area contributed by atoms with Crippen LogP contribution in [0.3, 0.4) is 0 Å². The fourth-order valence-electron chi connectivity index (χ4n) is 3.26. The molecule has 0 atom stereocenters. The number of sulfonamides is 1. The number of rotatable bonds is 8. The number of aromatic nitrogens is 2. The van der Waals surface area contributed by atoms with Crippen LogP contribution in [0.1, 0.15) is 11.1 Å². The quantitative estimate of drug-likeness (QED) is 0.348. The summed E-state index contributed by atoms with van der Waals surface area (Å²) in [5.74, 6) is 0.0170. The molecule has 1 aromatic heterocycles. The summed E-state index contributed by atoms with van der Waals surface area (Å²) in [5, 5.41) is 3.77. The zero-order chi connectivity index (χ0) is 23.8. The van der Waals surface area contributed by atoms with Gasteiger partial charge in [-0.05, 0) is 53.7 Å². The second kappa shape index (κ2) is 10.9. The van der Waals surface area contributed by atoms with Crippen molar-refractivity contribution in [3.63, 3.8) is 0 Å². The van der Waals surface area contributed by atoms with E-state index in [4.69, 9.17) is 12.2 Å². The van der Waals surface area contributed by atoms with E-state index in [0.717, 1.165) is 11.1 Å². The van der Waals surface area contributed by atoms with Gasteiger partial charge in [0.1, 0.15) is 0 Å². The number of thiocarbonyl (C=S) groups is 1. The van der Waals surface area contributed by atoms with Gasteiger partial charge in [0.25, 0.3) is 10.0 Å². The summed E-state index contributed by atoms with van der Waals surface area (Å²) in [6.45, 7) is 1.27. The van der Waals surface area contributed by atoms with Crippen molar-refractivity contribution in [2.75, 3.05) is 10.0 Å². The predicted octanol–water partition coefficient (Wildman–Crippen LogP) is 4.68. The minimum atomic E-state index is -3.80. The molecule has 0 fully saturated rings. The maximum absolute atomic E-state index is 12.6. The van der Waals surface area contributed by atoms with E-state index < -0.39 is 10.0 Å². The van der Waals surface area contributed by atoms with Crippen LogP contribution in [0, 0.1) is 0 Å². The molecule has 0 bridgehead atoms. The Morgan fingerprint density at radius 2 is 1.29 bits per heavy atom. The lowest BCUT2D eigenvalue weighted by atomic mass is 10.2. The van der Waals surface area contributed by atoms with E-state index in [1.54, 1.807) is 18.2 Å². The molecule has 2 N–H and O–H groups in total. The number of nitrogens with one attached hydrogen (secondary N) is 2. The Kier molecular flexibility index (Phi) is 7.46. The van der Waals surface area contributed by atoms with Crippen LogP contribution in [0.2, 0.25) is 0 Å². The summed E-state index contributed by atoms with van der Waals surface area (Å²) in [6.07, 6.45) is 2.94. The second-order valence-corrected chi connectivity index (χ2v) is 9.53. The number of hydrogen-bond acceptors (Lipinski definition) is 5. The Bertz CT molecular complexity index is 1280. The van der Waals surface area contributed by atoms with Crippen molar-refractivity contribution in [3.8, 4) is 0 Å². The molecular weight excluding hydrogens is 466 g/mol. The van der Waals surface area contributed by atoms with Crippen molar-refractivity contribution in [1.82, 2.24) is 14.9 Å². The first kappa shape index (κ1) is 23.3. The van der Waals surface area contributed by atoms with E-state index in [1.807, 2.05) is 36.4 Å². The highest BCUT2D eigenvalue weighted by Crippen LogP contribution is 2.18. The van der Waals surface area contributed by atoms with E-state index in [0.29, 0.717) is 23.9 Å². The molecule has 0 amide bonds. The van der Waals surface area contributed by atoms with E-state index in [-0.39, 0.29) is 10.8 Å². The molecule has 0 aliphatic carbocycles. The zero-order valence-electron chi connectivity index (χ0n) is 18.2. The first-order chi connectivity index (χ1) is 16.5. The average molecular weight is 490 g/mol. The van der Waals surface area contributed by atoms with Gasteiger partial charge in [0.05, 0.1) is 4.90 Å². The van der Waals surface area contributed by atoms with Crippen LogP contribution in [-0.4, -0.2) is 28.4 Å². The monoisotopic (exact) mass is 489 g/mol. The van der Waals surface area contributed by atoms with Crippen LogP contribution in [0.15, 0.2) is 108 Å². The number of anilines is 2. The van der Waals surface area contributed by atoms with Gasteiger partial charge in [-0.1, -0.05) is 60.7 Å². The van der Waals surface area contributed by atoms with Crippen LogP contribution in [0.4, 0.5) is 11.6 Å². The molecule has 0 saturated heterocycles. The molecule has 0 spiro atoms. The van der Waals surface area contributed by atoms with E-state index >= 15 is 0 Å². The fraction of sp³-hybridized carbons (Fsp3) is 0.0800. The Balaban J connectivity index is 1.47. The smallest absolute Gasteiger partial charge is 0.264 e. The Morgan fingerprint density at radius 1 is 0.765 bits per heavy atom. The molecule has 1 heterocycles. The molecule has 3 aromatic carbocycles. The highest BCUT2D eigenvalue weighted by molar-refractivity contribution is 7.92. The van der Waals surface area contributed by atoms with E-state index in [1.165, 1.54) is 24.5 Å². The van der Waals surface area contributed by atoms with Gasteiger partial charge in [-0.25, -0.2) is 23.1 Å². The third kappa shape index (κ3) is 6.37. The predicted molar refractivity (Wildman–Crippen MR) is 138 cm³/mol. The third-order valence-corrected chi connectivity index (χ3v) is 6.63. The van der Waals surface area contributed by atoms with Crippen LogP contribution in [-0.2, 0) is 23.1 Å². The molecule has 4 rings (SSSR count). The molecule has 0 aliphatic rings. The molecule has 0 radical (unpaired) electrons. The lowest BCUT2D eigenvalue weighted by Crippen LogP contribution is -2.33. The van der Waals surface area contributed by atoms with E-state index in [9.17, 15) is 8.42 Å². The normalized spacial score (nSPS) is 10.9. The molecule has 7 nitrogen and oxygen atoms in total. The van der Waals surface area contributed by atoms with E-state index in [2.05, 4.69) is 49.2 Å². The van der Waals surface area contributed by atoms with Gasteiger partial charge in [-0.15, -0.1) is 0 Å². The maximum Gasteiger partial charge on any atom is 0.264 e. The lowest BCUT2D eigenvalue weighted by molar-refractivity contribution is 0.413. The number of nitrogens with zero attached hydrogens (tertiary/aromatic N) is 3. The number of benzene rings is 3. The molecule has 4 aromatic rings. The summed E-state index contributed by atoms with van der Waals surface area (Å²) >= 11 is 5.72. The van der Waals surface area contributed by atoms with Gasteiger partial charge < -0.3 is 10.2 Å². The standard InChI is InChI=1S/C25H23N5O2S2/c31-34(32,29-24-26-16-7-17-27-24)23-14-12-22(13-15-23)28-25(33)30(18-20-8-3-1-4-9-20)19-21-10-5-2-6-11-21/h1-17H,18-19H2,(H,28,33)(H,26,27,29). The fourth-order valence-corrected chi connectivity index (χ4v) is 4.46. The van der Waals surface area contributed by atoms with Gasteiger partial charge >= 0.3 is 0 Å². The van der Waals surface area contributed by atoms with Gasteiger partial charge in [0.15, 0.2) is 5.11 Å². The van der Waals surface area contributed by atoms with Crippen molar-refractivity contribution in [3.05, 3.63) is 115 Å². The van der Waals surface area contributed by atoms with Crippen molar-refractivity contribution in [2.45, 2.75) is 18.0 Å². The summed E-state index contributed by atoms with van der Waals surface area (Å²) in [7, 11) is -3.80. The number of hydrogen-bond donors (Lipinski definition) is 2. The van der Waals surface area contributed by atoms with Gasteiger partial charge in [0, 0.05) is 31.2 Å². The van der Waals surface area contributed by atoms with Gasteiger partial charge in [-0.2, -0.15) is 0 Å². The van der Waals surface area contributed by atoms with Crippen LogP contribution in [0.5, 0.6) is 0 Å². The molecule has 0 unspecified atom stereocenters. The Labute approximate surface area is 204 Å². The molecule has 0 saturated carbocycles. The lowest BCUT2D eigenvalue weighted by Gasteiger charge is -2.26. The Hall–Kier alpha value is -3.82. The summed E-state index contributed by atoms with van der Waals surface area (Å²) in [5.41, 5.74) is 2.96. The molecule has 34 heavy (non-hydrogen) atoms.